The summed E-state index contributed by atoms with van der Waals surface area (Å²) in [5.74, 6) is 1.48. The lowest BCUT2D eigenvalue weighted by atomic mass is 9.91. The summed E-state index contributed by atoms with van der Waals surface area (Å²) in [6.07, 6.45) is -0.382. The average molecular weight is 770 g/mol. The van der Waals surface area contributed by atoms with Crippen molar-refractivity contribution < 1.29 is 8.83 Å². The van der Waals surface area contributed by atoms with Gasteiger partial charge in [0, 0.05) is 43.8 Å². The Labute approximate surface area is 345 Å². The van der Waals surface area contributed by atoms with Crippen LogP contribution in [0.4, 0.5) is 0 Å². The minimum absolute atomic E-state index is 0.382. The Morgan fingerprint density at radius 2 is 1.05 bits per heavy atom. The molecule has 9 aromatic carbocycles. The second-order valence-electron chi connectivity index (χ2n) is 15.3. The van der Waals surface area contributed by atoms with Gasteiger partial charge < -0.3 is 14.2 Å². The van der Waals surface area contributed by atoms with Gasteiger partial charge in [0.2, 0.25) is 0 Å². The molecule has 0 saturated heterocycles. The van der Waals surface area contributed by atoms with E-state index in [1.807, 2.05) is 36.4 Å². The molecule has 0 spiro atoms. The van der Waals surface area contributed by atoms with Crippen molar-refractivity contribution in [3.63, 3.8) is 0 Å². The Bertz CT molecular complexity index is 3520. The fraction of sp³-hybridized carbons (Fsp3) is 0.0182. The maximum Gasteiger partial charge on any atom is 0.159 e. The zero-order valence-corrected chi connectivity index (χ0v) is 32.3. The quantitative estimate of drug-likeness (QED) is 0.183. The van der Waals surface area contributed by atoms with E-state index in [9.17, 15) is 0 Å². The first-order valence-electron chi connectivity index (χ1n) is 20.3. The lowest BCUT2D eigenvalue weighted by molar-refractivity contribution is 0.668. The molecule has 12 rings (SSSR count). The second kappa shape index (κ2) is 13.8. The monoisotopic (exact) mass is 769 g/mol. The molecular weight excluding hydrogens is 735 g/mol. The topological polar surface area (TPSA) is 63.0 Å². The first kappa shape index (κ1) is 34.1. The number of nitrogens with zero attached hydrogens (tertiary/aromatic N) is 2. The van der Waals surface area contributed by atoms with Gasteiger partial charge in [0.05, 0.1) is 0 Å². The number of nitrogens with one attached hydrogen (secondary N) is 1. The van der Waals surface area contributed by atoms with Crippen LogP contribution in [0.5, 0.6) is 0 Å². The number of hydrogen-bond acceptors (Lipinski definition) is 5. The molecule has 0 bridgehead atoms. The Hall–Kier alpha value is -8.02. The van der Waals surface area contributed by atoms with Crippen LogP contribution in [0.25, 0.3) is 88.0 Å². The van der Waals surface area contributed by atoms with Gasteiger partial charge in [-0.15, -0.1) is 0 Å². The normalized spacial score (nSPS) is 14.2. The minimum Gasteiger partial charge on any atom is -0.456 e. The van der Waals surface area contributed by atoms with Crippen molar-refractivity contribution in [2.45, 2.75) is 6.17 Å². The van der Waals surface area contributed by atoms with Gasteiger partial charge in [0.25, 0.3) is 0 Å². The molecular formula is C55H35N3O2. The highest BCUT2D eigenvalue weighted by molar-refractivity contribution is 6.17. The van der Waals surface area contributed by atoms with Gasteiger partial charge in [-0.3, -0.25) is 0 Å². The van der Waals surface area contributed by atoms with E-state index in [4.69, 9.17) is 18.8 Å². The van der Waals surface area contributed by atoms with Crippen LogP contribution >= 0.6 is 0 Å². The number of aliphatic imine (C=N–C) groups is 2. The lowest BCUT2D eigenvalue weighted by Gasteiger charge is -2.25. The zero-order chi connectivity index (χ0) is 39.6. The number of rotatable bonds is 6. The molecule has 1 atom stereocenters. The maximum absolute atomic E-state index is 6.65. The summed E-state index contributed by atoms with van der Waals surface area (Å²) in [4.78, 5) is 10.5. The summed E-state index contributed by atoms with van der Waals surface area (Å²) in [7, 11) is 0. The summed E-state index contributed by atoms with van der Waals surface area (Å²) < 4.78 is 13.1. The first-order valence-corrected chi connectivity index (χ1v) is 20.3. The highest BCUT2D eigenvalue weighted by Gasteiger charge is 2.24. The third-order valence-corrected chi connectivity index (χ3v) is 11.8. The number of furan rings is 2. The predicted octanol–water partition coefficient (Wildman–Crippen LogP) is 14.1. The standard InChI is InChI=1S/C55H35N3O2/c1-3-14-34(15-4-1)36-18-11-19-38(32-36)54-56-53(35-16-5-2-6-17-35)57-55(58-54)46-31-30-42(40-20-7-8-21-41(40)46)44-24-13-27-49-51(44)47-29-28-37(33-50(47)59-49)39-23-12-25-45-43-22-9-10-26-48(43)60-52(39)45/h1-33,55H,(H,56,57,58). The summed E-state index contributed by atoms with van der Waals surface area (Å²) >= 11 is 0. The van der Waals surface area contributed by atoms with Crippen LogP contribution in [0.15, 0.2) is 219 Å². The molecule has 0 radical (unpaired) electrons. The van der Waals surface area contributed by atoms with Crippen molar-refractivity contribution in [3.8, 4) is 33.4 Å². The molecule has 11 aromatic rings. The molecule has 282 valence electrons. The summed E-state index contributed by atoms with van der Waals surface area (Å²) in [6.45, 7) is 0. The Morgan fingerprint density at radius 3 is 1.92 bits per heavy atom. The van der Waals surface area contributed by atoms with Gasteiger partial charge in [-0.25, -0.2) is 9.98 Å². The van der Waals surface area contributed by atoms with Crippen LogP contribution in [-0.4, -0.2) is 11.7 Å². The third kappa shape index (κ3) is 5.63. The molecule has 5 heteroatoms. The second-order valence-corrected chi connectivity index (χ2v) is 15.3. The van der Waals surface area contributed by atoms with E-state index in [0.717, 1.165) is 111 Å². The Morgan fingerprint density at radius 1 is 0.383 bits per heavy atom. The molecule has 0 aliphatic carbocycles. The van der Waals surface area contributed by atoms with E-state index in [1.54, 1.807) is 0 Å². The van der Waals surface area contributed by atoms with Crippen molar-refractivity contribution >= 4 is 66.3 Å². The third-order valence-electron chi connectivity index (χ3n) is 11.8. The zero-order valence-electron chi connectivity index (χ0n) is 32.3. The fourth-order valence-electron chi connectivity index (χ4n) is 8.94. The Kier molecular flexibility index (Phi) is 7.85. The summed E-state index contributed by atoms with van der Waals surface area (Å²) in [6, 6.07) is 69.8. The van der Waals surface area contributed by atoms with Crippen LogP contribution in [0.3, 0.4) is 0 Å². The molecule has 1 unspecified atom stereocenters. The van der Waals surface area contributed by atoms with Crippen LogP contribution in [0.1, 0.15) is 22.9 Å². The number of para-hydroxylation sites is 2. The van der Waals surface area contributed by atoms with Gasteiger partial charge >= 0.3 is 0 Å². The lowest BCUT2D eigenvalue weighted by Crippen LogP contribution is -2.33. The van der Waals surface area contributed by atoms with Crippen molar-refractivity contribution in [1.82, 2.24) is 5.32 Å². The van der Waals surface area contributed by atoms with Crippen molar-refractivity contribution in [2.24, 2.45) is 9.98 Å². The Balaban J connectivity index is 0.974. The molecule has 3 heterocycles. The van der Waals surface area contributed by atoms with E-state index < -0.39 is 0 Å². The molecule has 0 amide bonds. The van der Waals surface area contributed by atoms with E-state index in [1.165, 1.54) is 0 Å². The SMILES string of the molecule is c1ccc(C2=NC(c3cccc(-c4ccccc4)c3)=NC(c3ccc(-c4cccc5oc6cc(-c7cccc8c7oc7ccccc78)ccc6c45)c4ccccc34)N2)cc1. The number of benzene rings is 9. The molecule has 1 N–H and O–H groups in total. The van der Waals surface area contributed by atoms with Gasteiger partial charge in [-0.05, 0) is 68.9 Å². The van der Waals surface area contributed by atoms with E-state index in [-0.39, 0.29) is 6.17 Å². The van der Waals surface area contributed by atoms with Crippen molar-refractivity contribution in [3.05, 3.63) is 217 Å². The molecule has 1 aliphatic rings. The van der Waals surface area contributed by atoms with Crippen LogP contribution in [-0.2, 0) is 0 Å². The van der Waals surface area contributed by atoms with Gasteiger partial charge in [-0.2, -0.15) is 0 Å². The van der Waals surface area contributed by atoms with Crippen molar-refractivity contribution in [2.75, 3.05) is 0 Å². The fourth-order valence-corrected chi connectivity index (χ4v) is 8.94. The molecule has 5 nitrogen and oxygen atoms in total. The minimum atomic E-state index is -0.382. The molecule has 0 fully saturated rings. The van der Waals surface area contributed by atoms with Crippen LogP contribution in [0, 0.1) is 0 Å². The van der Waals surface area contributed by atoms with E-state index in [0.29, 0.717) is 5.84 Å². The van der Waals surface area contributed by atoms with Crippen LogP contribution < -0.4 is 5.32 Å². The average Bonchev–Trinajstić information content (AvgIpc) is 3.90. The summed E-state index contributed by atoms with van der Waals surface area (Å²) in [5, 5.41) is 10.4. The first-order chi connectivity index (χ1) is 29.7. The highest BCUT2D eigenvalue weighted by atomic mass is 16.3. The van der Waals surface area contributed by atoms with Crippen LogP contribution in [0.2, 0.25) is 0 Å². The maximum atomic E-state index is 6.65. The molecule has 0 saturated carbocycles. The van der Waals surface area contributed by atoms with E-state index >= 15 is 0 Å². The predicted molar refractivity (Wildman–Crippen MR) is 247 cm³/mol. The van der Waals surface area contributed by atoms with Crippen molar-refractivity contribution in [1.29, 1.82) is 0 Å². The van der Waals surface area contributed by atoms with Gasteiger partial charge in [-0.1, -0.05) is 170 Å². The number of amidine groups is 2. The largest absolute Gasteiger partial charge is 0.456 e. The molecule has 1 aliphatic heterocycles. The molecule has 2 aromatic heterocycles. The smallest absolute Gasteiger partial charge is 0.159 e. The summed E-state index contributed by atoms with van der Waals surface area (Å²) in [5.41, 5.74) is 13.1. The van der Waals surface area contributed by atoms with E-state index in [2.05, 4.69) is 169 Å². The highest BCUT2D eigenvalue weighted by Crippen LogP contribution is 2.43. The van der Waals surface area contributed by atoms with Gasteiger partial charge in [0.1, 0.15) is 34.3 Å². The number of hydrogen-bond donors (Lipinski definition) is 1. The van der Waals surface area contributed by atoms with Gasteiger partial charge in [0.15, 0.2) is 5.84 Å². The number of fused-ring (bicyclic) bond motifs is 7. The molecule has 60 heavy (non-hydrogen) atoms.